The minimum Gasteiger partial charge on any atom is -0.349 e. The number of likely N-dealkylation sites (tertiary alicyclic amines) is 1. The van der Waals surface area contributed by atoms with Gasteiger partial charge in [-0.15, -0.1) is 0 Å². The second kappa shape index (κ2) is 9.62. The molecule has 1 aliphatic heterocycles. The first-order chi connectivity index (χ1) is 15.1. The molecular formula is C24H33N5O2. The molecule has 0 spiro atoms. The normalized spacial score (nSPS) is 18.8. The number of piperidine rings is 1. The third-order valence-electron chi connectivity index (χ3n) is 6.80. The predicted octanol–water partition coefficient (Wildman–Crippen LogP) is 3.48. The number of nitrogens with one attached hydrogen (secondary N) is 1. The topological polar surface area (TPSA) is 80.1 Å². The molecule has 0 bridgehead atoms. The maximum absolute atomic E-state index is 13.0. The van der Waals surface area contributed by atoms with Gasteiger partial charge in [0.05, 0.1) is 5.56 Å². The highest BCUT2D eigenvalue weighted by atomic mass is 16.2. The summed E-state index contributed by atoms with van der Waals surface area (Å²) < 4.78 is 1.98. The van der Waals surface area contributed by atoms with Crippen LogP contribution in [-0.4, -0.2) is 50.4 Å². The summed E-state index contributed by atoms with van der Waals surface area (Å²) >= 11 is 0. The number of hydrogen-bond acceptors (Lipinski definition) is 4. The lowest BCUT2D eigenvalue weighted by Gasteiger charge is -2.33. The van der Waals surface area contributed by atoms with E-state index in [9.17, 15) is 9.59 Å². The molecule has 3 heterocycles. The minimum absolute atomic E-state index is 0.0219. The second-order valence-electron chi connectivity index (χ2n) is 8.81. The highest BCUT2D eigenvalue weighted by Gasteiger charge is 2.28. The van der Waals surface area contributed by atoms with Crippen molar-refractivity contribution in [3.63, 3.8) is 0 Å². The SMILES string of the molecule is CCc1nccn1[C@H](C)C(=O)N1CCC(c2ccc(C(=O)NC3CCCC3)cn2)CC1. The summed E-state index contributed by atoms with van der Waals surface area (Å²) in [4.78, 5) is 36.3. The van der Waals surface area contributed by atoms with Crippen LogP contribution in [0.4, 0.5) is 0 Å². The number of aryl methyl sites for hydroxylation is 1. The van der Waals surface area contributed by atoms with Gasteiger partial charge in [-0.05, 0) is 44.7 Å². The Morgan fingerprint density at radius 2 is 1.87 bits per heavy atom. The van der Waals surface area contributed by atoms with Gasteiger partial charge in [-0.3, -0.25) is 14.6 Å². The molecule has 2 amide bonds. The Bertz CT molecular complexity index is 893. The molecule has 2 aromatic heterocycles. The molecule has 1 atom stereocenters. The number of rotatable bonds is 6. The van der Waals surface area contributed by atoms with E-state index in [1.807, 2.05) is 34.7 Å². The molecule has 1 aliphatic carbocycles. The molecule has 2 aromatic rings. The maximum Gasteiger partial charge on any atom is 0.253 e. The van der Waals surface area contributed by atoms with Crippen LogP contribution in [0, 0.1) is 0 Å². The van der Waals surface area contributed by atoms with Crippen molar-refractivity contribution in [3.05, 3.63) is 47.8 Å². The molecule has 2 fully saturated rings. The number of amides is 2. The quantitative estimate of drug-likeness (QED) is 0.771. The predicted molar refractivity (Wildman–Crippen MR) is 119 cm³/mol. The van der Waals surface area contributed by atoms with Gasteiger partial charge < -0.3 is 14.8 Å². The molecule has 31 heavy (non-hydrogen) atoms. The summed E-state index contributed by atoms with van der Waals surface area (Å²) in [6.45, 7) is 5.47. The van der Waals surface area contributed by atoms with Crippen LogP contribution in [0.2, 0.25) is 0 Å². The van der Waals surface area contributed by atoms with E-state index in [2.05, 4.69) is 22.2 Å². The zero-order chi connectivity index (χ0) is 21.8. The molecular weight excluding hydrogens is 390 g/mol. The Kier molecular flexibility index (Phi) is 6.68. The minimum atomic E-state index is -0.232. The van der Waals surface area contributed by atoms with Gasteiger partial charge in [0.1, 0.15) is 11.9 Å². The summed E-state index contributed by atoms with van der Waals surface area (Å²) in [7, 11) is 0. The van der Waals surface area contributed by atoms with E-state index in [0.29, 0.717) is 17.5 Å². The molecule has 7 heteroatoms. The van der Waals surface area contributed by atoms with E-state index < -0.39 is 0 Å². The molecule has 1 saturated heterocycles. The lowest BCUT2D eigenvalue weighted by molar-refractivity contribution is -0.135. The van der Waals surface area contributed by atoms with Crippen molar-refractivity contribution >= 4 is 11.8 Å². The number of hydrogen-bond donors (Lipinski definition) is 1. The Morgan fingerprint density at radius 1 is 1.13 bits per heavy atom. The molecule has 166 valence electrons. The van der Waals surface area contributed by atoms with E-state index in [4.69, 9.17) is 0 Å². The summed E-state index contributed by atoms with van der Waals surface area (Å²) in [5.74, 6) is 1.40. The summed E-state index contributed by atoms with van der Waals surface area (Å²) in [5, 5.41) is 3.11. The van der Waals surface area contributed by atoms with Gasteiger partial charge in [-0.25, -0.2) is 4.98 Å². The third kappa shape index (κ3) is 4.81. The Morgan fingerprint density at radius 3 is 2.52 bits per heavy atom. The van der Waals surface area contributed by atoms with E-state index in [1.54, 1.807) is 12.4 Å². The number of carbonyl (C=O) groups is 2. The number of imidazole rings is 1. The van der Waals surface area contributed by atoms with Crippen molar-refractivity contribution in [2.75, 3.05) is 13.1 Å². The molecule has 1 saturated carbocycles. The van der Waals surface area contributed by atoms with E-state index in [0.717, 1.165) is 56.7 Å². The monoisotopic (exact) mass is 423 g/mol. The fourth-order valence-electron chi connectivity index (χ4n) is 4.87. The van der Waals surface area contributed by atoms with Crippen LogP contribution < -0.4 is 5.32 Å². The zero-order valence-corrected chi connectivity index (χ0v) is 18.6. The van der Waals surface area contributed by atoms with Gasteiger partial charge in [-0.1, -0.05) is 19.8 Å². The van der Waals surface area contributed by atoms with Gasteiger partial charge in [0.2, 0.25) is 5.91 Å². The van der Waals surface area contributed by atoms with Crippen LogP contribution >= 0.6 is 0 Å². The van der Waals surface area contributed by atoms with Crippen LogP contribution in [0.15, 0.2) is 30.7 Å². The number of carbonyl (C=O) groups excluding carboxylic acids is 2. The molecule has 0 aromatic carbocycles. The average Bonchev–Trinajstić information content (AvgIpc) is 3.50. The van der Waals surface area contributed by atoms with Crippen LogP contribution in [0.25, 0.3) is 0 Å². The van der Waals surface area contributed by atoms with Crippen molar-refractivity contribution in [2.45, 2.75) is 76.8 Å². The largest absolute Gasteiger partial charge is 0.349 e. The molecule has 7 nitrogen and oxygen atoms in total. The van der Waals surface area contributed by atoms with Crippen LogP contribution in [0.1, 0.15) is 86.2 Å². The van der Waals surface area contributed by atoms with Crippen LogP contribution in [0.5, 0.6) is 0 Å². The van der Waals surface area contributed by atoms with Gasteiger partial charge in [-0.2, -0.15) is 0 Å². The number of pyridine rings is 1. The van der Waals surface area contributed by atoms with Crippen LogP contribution in [-0.2, 0) is 11.2 Å². The summed E-state index contributed by atoms with van der Waals surface area (Å²) in [6, 6.07) is 3.95. The van der Waals surface area contributed by atoms with Gasteiger partial charge in [0, 0.05) is 55.8 Å². The summed E-state index contributed by atoms with van der Waals surface area (Å²) in [5.41, 5.74) is 1.64. The van der Waals surface area contributed by atoms with Crippen molar-refractivity contribution < 1.29 is 9.59 Å². The van der Waals surface area contributed by atoms with Gasteiger partial charge in [0.15, 0.2) is 0 Å². The first-order valence-electron chi connectivity index (χ1n) is 11.6. The molecule has 0 radical (unpaired) electrons. The number of nitrogens with zero attached hydrogens (tertiary/aromatic N) is 4. The van der Waals surface area contributed by atoms with Crippen LogP contribution in [0.3, 0.4) is 0 Å². The smallest absolute Gasteiger partial charge is 0.253 e. The molecule has 4 rings (SSSR count). The lowest BCUT2D eigenvalue weighted by atomic mass is 9.92. The Balaban J connectivity index is 1.31. The lowest BCUT2D eigenvalue weighted by Crippen LogP contribution is -2.41. The molecule has 0 unspecified atom stereocenters. The van der Waals surface area contributed by atoms with E-state index in [1.165, 1.54) is 12.8 Å². The van der Waals surface area contributed by atoms with Gasteiger partial charge in [0.25, 0.3) is 5.91 Å². The second-order valence-corrected chi connectivity index (χ2v) is 8.81. The zero-order valence-electron chi connectivity index (χ0n) is 18.6. The Labute approximate surface area is 184 Å². The van der Waals surface area contributed by atoms with Crippen molar-refractivity contribution in [2.24, 2.45) is 0 Å². The maximum atomic E-state index is 13.0. The molecule has 2 aliphatic rings. The average molecular weight is 424 g/mol. The van der Waals surface area contributed by atoms with Gasteiger partial charge >= 0.3 is 0 Å². The highest BCUT2D eigenvalue weighted by molar-refractivity contribution is 5.94. The fraction of sp³-hybridized carbons (Fsp3) is 0.583. The first-order valence-corrected chi connectivity index (χ1v) is 11.6. The van der Waals surface area contributed by atoms with E-state index in [-0.39, 0.29) is 17.9 Å². The highest BCUT2D eigenvalue weighted by Crippen LogP contribution is 2.28. The van der Waals surface area contributed by atoms with E-state index >= 15 is 0 Å². The fourth-order valence-corrected chi connectivity index (χ4v) is 4.87. The van der Waals surface area contributed by atoms with Crippen molar-refractivity contribution in [1.29, 1.82) is 0 Å². The Hall–Kier alpha value is -2.70. The van der Waals surface area contributed by atoms with Crippen molar-refractivity contribution in [3.8, 4) is 0 Å². The molecule has 1 N–H and O–H groups in total. The first kappa shape index (κ1) is 21.5. The standard InChI is InChI=1S/C24H33N5O2/c1-3-22-25-12-15-29(22)17(2)24(31)28-13-10-18(11-14-28)21-9-8-19(16-26-21)23(30)27-20-6-4-5-7-20/h8-9,12,15-18,20H,3-7,10-11,13-14H2,1-2H3,(H,27,30)/t17-/m1/s1. The summed E-state index contributed by atoms with van der Waals surface area (Å²) in [6.07, 6.45) is 12.5. The van der Waals surface area contributed by atoms with Crippen molar-refractivity contribution in [1.82, 2.24) is 24.8 Å². The third-order valence-corrected chi connectivity index (χ3v) is 6.80. The number of aromatic nitrogens is 3.